The Kier molecular flexibility index (Phi) is 7.59. The normalized spacial score (nSPS) is 15.2. The largest absolute Gasteiger partial charge is 0.368 e. The minimum atomic E-state index is -0.610. The molecule has 1 saturated heterocycles. The third-order valence-corrected chi connectivity index (χ3v) is 6.25. The smallest absolute Gasteiger partial charge is 0.269 e. The molecule has 0 aliphatic carbocycles. The number of piperazine rings is 1. The van der Waals surface area contributed by atoms with Gasteiger partial charge in [-0.25, -0.2) is 0 Å². The molecule has 0 bridgehead atoms. The van der Waals surface area contributed by atoms with Crippen LogP contribution in [0.15, 0.2) is 48.5 Å². The van der Waals surface area contributed by atoms with Crippen molar-refractivity contribution in [3.05, 3.63) is 69.8 Å². The molecule has 0 aromatic heterocycles. The van der Waals surface area contributed by atoms with E-state index in [9.17, 15) is 19.7 Å². The molecule has 182 valence electrons. The van der Waals surface area contributed by atoms with Gasteiger partial charge < -0.3 is 15.1 Å². The number of rotatable bonds is 6. The molecular formula is C26H34N4O4. The van der Waals surface area contributed by atoms with Crippen molar-refractivity contribution in [1.82, 2.24) is 10.2 Å². The zero-order valence-electron chi connectivity index (χ0n) is 20.6. The fraction of sp³-hybridized carbons (Fsp3) is 0.462. The number of benzene rings is 2. The van der Waals surface area contributed by atoms with Crippen molar-refractivity contribution in [3.63, 3.8) is 0 Å². The third-order valence-electron chi connectivity index (χ3n) is 6.25. The molecule has 1 atom stereocenters. The van der Waals surface area contributed by atoms with E-state index in [1.165, 1.54) is 12.1 Å². The predicted octanol–water partition coefficient (Wildman–Crippen LogP) is 4.00. The van der Waals surface area contributed by atoms with E-state index < -0.39 is 11.0 Å². The number of hydrogen-bond donors (Lipinski definition) is 1. The van der Waals surface area contributed by atoms with Crippen molar-refractivity contribution in [3.8, 4) is 0 Å². The Morgan fingerprint density at radius 3 is 1.97 bits per heavy atom. The molecule has 1 N–H and O–H groups in total. The second-order valence-corrected chi connectivity index (χ2v) is 10.1. The Bertz CT molecular complexity index is 1020. The van der Waals surface area contributed by atoms with E-state index >= 15 is 0 Å². The van der Waals surface area contributed by atoms with E-state index in [-0.39, 0.29) is 28.8 Å². The maximum atomic E-state index is 13.3. The first-order valence-electron chi connectivity index (χ1n) is 11.7. The Hall–Kier alpha value is -3.42. The molecule has 2 amide bonds. The minimum absolute atomic E-state index is 0.00204. The number of amides is 2. The molecule has 1 aliphatic rings. The highest BCUT2D eigenvalue weighted by atomic mass is 16.6. The fourth-order valence-corrected chi connectivity index (χ4v) is 4.03. The van der Waals surface area contributed by atoms with Crippen LogP contribution >= 0.6 is 0 Å². The van der Waals surface area contributed by atoms with Gasteiger partial charge in [-0.3, -0.25) is 19.7 Å². The second kappa shape index (κ2) is 10.2. The van der Waals surface area contributed by atoms with E-state index in [0.717, 1.165) is 11.3 Å². The summed E-state index contributed by atoms with van der Waals surface area (Å²) in [5.74, 6) is -0.395. The van der Waals surface area contributed by atoms with E-state index in [2.05, 4.69) is 31.0 Å². The van der Waals surface area contributed by atoms with Crippen molar-refractivity contribution in [1.29, 1.82) is 0 Å². The number of non-ortho nitro benzene ring substituents is 1. The SMILES string of the molecule is CC(C)[C@@H](NC(=O)c1ccc(C(C)(C)C)cc1)C(=O)N1CCN(c2ccc([N+](=O)[O-])cc2)CC1. The summed E-state index contributed by atoms with van der Waals surface area (Å²) in [4.78, 5) is 40.5. The lowest BCUT2D eigenvalue weighted by molar-refractivity contribution is -0.384. The first-order valence-corrected chi connectivity index (χ1v) is 11.7. The number of carbonyl (C=O) groups is 2. The lowest BCUT2D eigenvalue weighted by Crippen LogP contribution is -2.56. The molecule has 2 aromatic rings. The van der Waals surface area contributed by atoms with Crippen LogP contribution in [0.2, 0.25) is 0 Å². The number of nitrogens with one attached hydrogen (secondary N) is 1. The van der Waals surface area contributed by atoms with Gasteiger partial charge in [0.1, 0.15) is 6.04 Å². The van der Waals surface area contributed by atoms with E-state index in [1.54, 1.807) is 29.2 Å². The topological polar surface area (TPSA) is 95.8 Å². The molecule has 34 heavy (non-hydrogen) atoms. The molecule has 8 nitrogen and oxygen atoms in total. The van der Waals surface area contributed by atoms with Crippen LogP contribution in [-0.2, 0) is 10.2 Å². The Balaban J connectivity index is 1.61. The summed E-state index contributed by atoms with van der Waals surface area (Å²) in [6, 6.07) is 13.4. The summed E-state index contributed by atoms with van der Waals surface area (Å²) >= 11 is 0. The number of carbonyl (C=O) groups excluding carboxylic acids is 2. The van der Waals surface area contributed by atoms with Crippen molar-refractivity contribution in [2.24, 2.45) is 5.92 Å². The van der Waals surface area contributed by atoms with Gasteiger partial charge in [0.05, 0.1) is 4.92 Å². The van der Waals surface area contributed by atoms with Crippen molar-refractivity contribution >= 4 is 23.2 Å². The maximum absolute atomic E-state index is 13.3. The summed E-state index contributed by atoms with van der Waals surface area (Å²) in [7, 11) is 0. The quantitative estimate of drug-likeness (QED) is 0.513. The van der Waals surface area contributed by atoms with Crippen LogP contribution in [0.1, 0.15) is 50.5 Å². The van der Waals surface area contributed by atoms with Crippen LogP contribution in [0.4, 0.5) is 11.4 Å². The highest BCUT2D eigenvalue weighted by molar-refractivity contribution is 5.97. The van der Waals surface area contributed by atoms with E-state index in [1.807, 2.05) is 26.0 Å². The Morgan fingerprint density at radius 1 is 0.941 bits per heavy atom. The van der Waals surface area contributed by atoms with Crippen molar-refractivity contribution in [2.45, 2.75) is 46.1 Å². The number of hydrogen-bond acceptors (Lipinski definition) is 5. The van der Waals surface area contributed by atoms with Crippen molar-refractivity contribution in [2.75, 3.05) is 31.1 Å². The maximum Gasteiger partial charge on any atom is 0.269 e. The molecule has 0 radical (unpaired) electrons. The summed E-state index contributed by atoms with van der Waals surface area (Å²) < 4.78 is 0. The number of nitro benzene ring substituents is 1. The summed E-state index contributed by atoms with van der Waals surface area (Å²) in [6.45, 7) is 12.5. The molecule has 2 aromatic carbocycles. The number of nitrogens with zero attached hydrogens (tertiary/aromatic N) is 3. The zero-order chi connectivity index (χ0) is 25.0. The Morgan fingerprint density at radius 2 is 1.50 bits per heavy atom. The van der Waals surface area contributed by atoms with Crippen LogP contribution in [0.5, 0.6) is 0 Å². The van der Waals surface area contributed by atoms with E-state index in [4.69, 9.17) is 0 Å². The van der Waals surface area contributed by atoms with Gasteiger partial charge in [-0.2, -0.15) is 0 Å². The highest BCUT2D eigenvalue weighted by Crippen LogP contribution is 2.23. The average Bonchev–Trinajstić information content (AvgIpc) is 2.81. The monoisotopic (exact) mass is 466 g/mol. The average molecular weight is 467 g/mol. The second-order valence-electron chi connectivity index (χ2n) is 10.1. The molecule has 8 heteroatoms. The molecule has 0 spiro atoms. The van der Waals surface area contributed by atoms with Gasteiger partial charge in [-0.05, 0) is 41.2 Å². The van der Waals surface area contributed by atoms with Crippen LogP contribution in [0, 0.1) is 16.0 Å². The lowest BCUT2D eigenvalue weighted by Gasteiger charge is -2.38. The van der Waals surface area contributed by atoms with Crippen LogP contribution in [0.3, 0.4) is 0 Å². The molecule has 1 aliphatic heterocycles. The molecule has 1 fully saturated rings. The van der Waals surface area contributed by atoms with Crippen molar-refractivity contribution < 1.29 is 14.5 Å². The Labute approximate surface area is 201 Å². The first-order chi connectivity index (χ1) is 16.0. The summed E-state index contributed by atoms with van der Waals surface area (Å²) in [6.07, 6.45) is 0. The standard InChI is InChI=1S/C26H34N4O4/c1-18(2)23(27-24(31)19-6-8-20(9-7-19)26(3,4)5)25(32)29-16-14-28(15-17-29)21-10-12-22(13-11-21)30(33)34/h6-13,18,23H,14-17H2,1-5H3,(H,27,31)/t23-/m1/s1. The summed E-state index contributed by atoms with van der Waals surface area (Å²) in [5, 5.41) is 13.8. The molecule has 0 unspecified atom stereocenters. The lowest BCUT2D eigenvalue weighted by atomic mass is 9.86. The molecular weight excluding hydrogens is 432 g/mol. The molecule has 0 saturated carbocycles. The minimum Gasteiger partial charge on any atom is -0.368 e. The van der Waals surface area contributed by atoms with Gasteiger partial charge >= 0.3 is 0 Å². The molecule has 3 rings (SSSR count). The zero-order valence-corrected chi connectivity index (χ0v) is 20.6. The van der Waals surface area contributed by atoms with Gasteiger partial charge in [-0.15, -0.1) is 0 Å². The van der Waals surface area contributed by atoms with Crippen LogP contribution in [0.25, 0.3) is 0 Å². The van der Waals surface area contributed by atoms with Gasteiger partial charge in [0.2, 0.25) is 5.91 Å². The number of nitro groups is 1. The number of anilines is 1. The van der Waals surface area contributed by atoms with Gasteiger partial charge in [0.25, 0.3) is 11.6 Å². The summed E-state index contributed by atoms with van der Waals surface area (Å²) in [5.41, 5.74) is 2.63. The van der Waals surface area contributed by atoms with Crippen LogP contribution < -0.4 is 10.2 Å². The third kappa shape index (κ3) is 5.92. The van der Waals surface area contributed by atoms with Gasteiger partial charge in [0.15, 0.2) is 0 Å². The van der Waals surface area contributed by atoms with Gasteiger partial charge in [0, 0.05) is 49.6 Å². The van der Waals surface area contributed by atoms with E-state index in [0.29, 0.717) is 31.7 Å². The van der Waals surface area contributed by atoms with Gasteiger partial charge in [-0.1, -0.05) is 46.8 Å². The first kappa shape index (κ1) is 25.2. The van der Waals surface area contributed by atoms with Crippen LogP contribution in [-0.4, -0.2) is 53.9 Å². The molecule has 1 heterocycles. The highest BCUT2D eigenvalue weighted by Gasteiger charge is 2.31. The fourth-order valence-electron chi connectivity index (χ4n) is 4.03. The predicted molar refractivity (Wildman–Crippen MR) is 133 cm³/mol.